The van der Waals surface area contributed by atoms with Crippen molar-refractivity contribution in [2.75, 3.05) is 6.54 Å². The van der Waals surface area contributed by atoms with Gasteiger partial charge in [0, 0.05) is 18.7 Å². The Kier molecular flexibility index (Phi) is 1.96. The maximum atomic E-state index is 11.1. The second-order valence-electron chi connectivity index (χ2n) is 3.09. The van der Waals surface area contributed by atoms with E-state index in [0.717, 1.165) is 18.7 Å². The average Bonchev–Trinajstić information content (AvgIpc) is 2.25. The van der Waals surface area contributed by atoms with Gasteiger partial charge in [0.05, 0.1) is 6.04 Å². The molecule has 1 amide bonds. The van der Waals surface area contributed by atoms with Crippen molar-refractivity contribution in [1.29, 1.82) is 0 Å². The second-order valence-corrected chi connectivity index (χ2v) is 3.09. The van der Waals surface area contributed by atoms with Gasteiger partial charge in [0.2, 0.25) is 5.91 Å². The molecule has 1 aliphatic carbocycles. The van der Waals surface area contributed by atoms with Crippen molar-refractivity contribution in [3.63, 3.8) is 0 Å². The topological polar surface area (TPSA) is 41.1 Å². The molecule has 1 saturated heterocycles. The summed E-state index contributed by atoms with van der Waals surface area (Å²) >= 11 is 0. The largest absolute Gasteiger partial charge is 0.328 e. The number of allylic oxidation sites excluding steroid dienone is 2. The molecule has 0 bridgehead atoms. The number of amides is 1. The second kappa shape index (κ2) is 3.11. The molecule has 2 aliphatic rings. The Morgan fingerprint density at radius 3 is 3.33 bits per heavy atom. The van der Waals surface area contributed by atoms with E-state index in [2.05, 4.69) is 16.7 Å². The van der Waals surface area contributed by atoms with Crippen LogP contribution in [0.15, 0.2) is 23.9 Å². The third-order valence-electron chi connectivity index (χ3n) is 2.19. The van der Waals surface area contributed by atoms with Crippen molar-refractivity contribution in [1.82, 2.24) is 10.6 Å². The smallest absolute Gasteiger partial charge is 0.225 e. The predicted molar refractivity (Wildman–Crippen MR) is 46.4 cm³/mol. The van der Waals surface area contributed by atoms with Gasteiger partial charge in [-0.2, -0.15) is 0 Å². The molecule has 0 aromatic heterocycles. The number of carbonyl (C=O) groups is 1. The molecule has 0 spiro atoms. The number of nitrogens with one attached hydrogen (secondary N) is 2. The number of hydrogen-bond acceptors (Lipinski definition) is 2. The normalized spacial score (nSPS) is 28.5. The van der Waals surface area contributed by atoms with E-state index in [1.54, 1.807) is 0 Å². The van der Waals surface area contributed by atoms with E-state index in [1.807, 2.05) is 12.2 Å². The van der Waals surface area contributed by atoms with Crippen LogP contribution in [0.4, 0.5) is 0 Å². The van der Waals surface area contributed by atoms with Gasteiger partial charge in [0.15, 0.2) is 0 Å². The maximum absolute atomic E-state index is 11.1. The van der Waals surface area contributed by atoms with Crippen LogP contribution < -0.4 is 10.6 Å². The molecule has 2 N–H and O–H groups in total. The summed E-state index contributed by atoms with van der Waals surface area (Å²) < 4.78 is 0. The highest BCUT2D eigenvalue weighted by molar-refractivity contribution is 5.78. The van der Waals surface area contributed by atoms with Crippen molar-refractivity contribution in [3.05, 3.63) is 23.9 Å². The minimum absolute atomic E-state index is 0.117. The van der Waals surface area contributed by atoms with Crippen LogP contribution in [-0.2, 0) is 4.79 Å². The monoisotopic (exact) mass is 164 g/mol. The van der Waals surface area contributed by atoms with E-state index in [-0.39, 0.29) is 5.91 Å². The lowest BCUT2D eigenvalue weighted by Gasteiger charge is -2.19. The third kappa shape index (κ3) is 1.41. The highest BCUT2D eigenvalue weighted by atomic mass is 16.1. The molecule has 1 aliphatic heterocycles. The Bertz CT molecular complexity index is 255. The molecule has 0 aromatic carbocycles. The van der Waals surface area contributed by atoms with Gasteiger partial charge < -0.3 is 10.6 Å². The van der Waals surface area contributed by atoms with Crippen LogP contribution in [0.25, 0.3) is 0 Å². The molecule has 2 rings (SSSR count). The van der Waals surface area contributed by atoms with Crippen LogP contribution in [0, 0.1) is 0 Å². The van der Waals surface area contributed by atoms with Gasteiger partial charge in [-0.15, -0.1) is 0 Å². The fraction of sp³-hybridized carbons (Fsp3) is 0.444. The number of rotatable bonds is 0. The minimum atomic E-state index is 0.117. The number of carbonyl (C=O) groups excluding carboxylic acids is 1. The lowest BCUT2D eigenvalue weighted by atomic mass is 10.1. The van der Waals surface area contributed by atoms with Gasteiger partial charge in [0.25, 0.3) is 0 Å². The molecule has 0 aromatic rings. The number of fused-ring (bicyclic) bond motifs is 1. The SMILES string of the molecule is O=C1CCNC2CC=CC=C2N1. The van der Waals surface area contributed by atoms with Crippen LogP contribution in [0.1, 0.15) is 12.8 Å². The molecular weight excluding hydrogens is 152 g/mol. The minimum Gasteiger partial charge on any atom is -0.328 e. The van der Waals surface area contributed by atoms with Gasteiger partial charge in [-0.3, -0.25) is 4.79 Å². The third-order valence-corrected chi connectivity index (χ3v) is 2.19. The van der Waals surface area contributed by atoms with Crippen LogP contribution in [0.5, 0.6) is 0 Å². The number of hydrogen-bond donors (Lipinski definition) is 2. The van der Waals surface area contributed by atoms with E-state index in [9.17, 15) is 4.79 Å². The van der Waals surface area contributed by atoms with Crippen LogP contribution >= 0.6 is 0 Å². The van der Waals surface area contributed by atoms with Crippen molar-refractivity contribution >= 4 is 5.91 Å². The summed E-state index contributed by atoms with van der Waals surface area (Å²) in [6, 6.07) is 0.321. The Hall–Kier alpha value is -1.09. The van der Waals surface area contributed by atoms with E-state index >= 15 is 0 Å². The van der Waals surface area contributed by atoms with Crippen LogP contribution in [-0.4, -0.2) is 18.5 Å². The van der Waals surface area contributed by atoms with Gasteiger partial charge in [-0.05, 0) is 12.5 Å². The zero-order valence-electron chi connectivity index (χ0n) is 6.84. The zero-order valence-corrected chi connectivity index (χ0v) is 6.84. The summed E-state index contributed by atoms with van der Waals surface area (Å²) in [5, 5.41) is 6.20. The standard InChI is InChI=1S/C9H12N2O/c12-9-5-6-10-7-3-1-2-4-8(7)11-9/h1-2,4,7,10H,3,5-6H2,(H,11,12). The van der Waals surface area contributed by atoms with Gasteiger partial charge in [-0.1, -0.05) is 12.2 Å². The lowest BCUT2D eigenvalue weighted by molar-refractivity contribution is -0.120. The van der Waals surface area contributed by atoms with E-state index in [0.29, 0.717) is 12.5 Å². The Morgan fingerprint density at radius 2 is 2.42 bits per heavy atom. The molecule has 1 atom stereocenters. The molecule has 0 radical (unpaired) electrons. The summed E-state index contributed by atoms with van der Waals surface area (Å²) in [4.78, 5) is 11.1. The first kappa shape index (κ1) is 7.55. The average molecular weight is 164 g/mol. The summed E-state index contributed by atoms with van der Waals surface area (Å²) in [5.41, 5.74) is 1.01. The van der Waals surface area contributed by atoms with Crippen LogP contribution in [0.3, 0.4) is 0 Å². The molecule has 1 heterocycles. The maximum Gasteiger partial charge on any atom is 0.225 e. The first-order valence-electron chi connectivity index (χ1n) is 4.26. The Labute approximate surface area is 71.5 Å². The lowest BCUT2D eigenvalue weighted by Crippen LogP contribution is -2.34. The summed E-state index contributed by atoms with van der Waals surface area (Å²) in [7, 11) is 0. The fourth-order valence-electron chi connectivity index (χ4n) is 1.53. The first-order chi connectivity index (χ1) is 5.86. The Balaban J connectivity index is 2.18. The van der Waals surface area contributed by atoms with Crippen molar-refractivity contribution in [2.24, 2.45) is 0 Å². The molecule has 1 fully saturated rings. The predicted octanol–water partition coefficient (Wildman–Crippen LogP) is 0.308. The molecule has 64 valence electrons. The van der Waals surface area contributed by atoms with Gasteiger partial charge in [-0.25, -0.2) is 0 Å². The van der Waals surface area contributed by atoms with Crippen molar-refractivity contribution in [2.45, 2.75) is 18.9 Å². The Morgan fingerprint density at radius 1 is 1.50 bits per heavy atom. The van der Waals surface area contributed by atoms with E-state index < -0.39 is 0 Å². The zero-order chi connectivity index (χ0) is 8.39. The summed E-state index contributed by atoms with van der Waals surface area (Å²) in [6.45, 7) is 0.779. The molecular formula is C9H12N2O. The van der Waals surface area contributed by atoms with E-state index in [4.69, 9.17) is 0 Å². The van der Waals surface area contributed by atoms with Crippen molar-refractivity contribution < 1.29 is 4.79 Å². The van der Waals surface area contributed by atoms with Crippen molar-refractivity contribution in [3.8, 4) is 0 Å². The molecule has 1 unspecified atom stereocenters. The van der Waals surface area contributed by atoms with Crippen LogP contribution in [0.2, 0.25) is 0 Å². The quantitative estimate of drug-likeness (QED) is 0.541. The highest BCUT2D eigenvalue weighted by Gasteiger charge is 2.19. The molecule has 3 nitrogen and oxygen atoms in total. The summed E-state index contributed by atoms with van der Waals surface area (Å²) in [5.74, 6) is 0.117. The first-order valence-corrected chi connectivity index (χ1v) is 4.26. The van der Waals surface area contributed by atoms with E-state index in [1.165, 1.54) is 0 Å². The molecule has 0 saturated carbocycles. The highest BCUT2D eigenvalue weighted by Crippen LogP contribution is 2.12. The molecule has 12 heavy (non-hydrogen) atoms. The fourth-order valence-corrected chi connectivity index (χ4v) is 1.53. The molecule has 3 heteroatoms. The summed E-state index contributed by atoms with van der Waals surface area (Å²) in [6.07, 6.45) is 7.61. The van der Waals surface area contributed by atoms with Gasteiger partial charge in [0.1, 0.15) is 0 Å². The van der Waals surface area contributed by atoms with Gasteiger partial charge >= 0.3 is 0 Å².